The Morgan fingerprint density at radius 1 is 1.30 bits per heavy atom. The third-order valence-corrected chi connectivity index (χ3v) is 3.23. The number of carbonyl (C=O) groups excluding carboxylic acids is 2. The van der Waals surface area contributed by atoms with E-state index in [9.17, 15) is 9.59 Å². The van der Waals surface area contributed by atoms with Crippen molar-refractivity contribution < 1.29 is 19.1 Å². The van der Waals surface area contributed by atoms with Crippen LogP contribution in [0.25, 0.3) is 0 Å². The first-order valence-electron chi connectivity index (χ1n) is 7.05. The maximum absolute atomic E-state index is 11.8. The summed E-state index contributed by atoms with van der Waals surface area (Å²) in [7, 11) is 1.39. The Hall–Kier alpha value is -1.30. The molecule has 1 saturated heterocycles. The summed E-state index contributed by atoms with van der Waals surface area (Å²) in [5, 5.41) is 2.84. The van der Waals surface area contributed by atoms with Crippen LogP contribution in [0.4, 0.5) is 4.79 Å². The molecule has 1 N–H and O–H groups in total. The van der Waals surface area contributed by atoms with Crippen molar-refractivity contribution in [2.75, 3.05) is 26.7 Å². The van der Waals surface area contributed by atoms with Gasteiger partial charge in [-0.3, -0.25) is 4.79 Å². The van der Waals surface area contributed by atoms with Crippen molar-refractivity contribution in [2.24, 2.45) is 5.92 Å². The molecule has 6 heteroatoms. The van der Waals surface area contributed by atoms with Crippen LogP contribution in [0.3, 0.4) is 0 Å². The normalized spacial score (nSPS) is 24.1. The Morgan fingerprint density at radius 3 is 2.45 bits per heavy atom. The van der Waals surface area contributed by atoms with Gasteiger partial charge >= 0.3 is 12.1 Å². The van der Waals surface area contributed by atoms with Gasteiger partial charge in [-0.05, 0) is 33.7 Å². The van der Waals surface area contributed by atoms with Gasteiger partial charge in [0.15, 0.2) is 0 Å². The lowest BCUT2D eigenvalue weighted by Gasteiger charge is -2.36. The lowest BCUT2D eigenvalue weighted by molar-refractivity contribution is -0.147. The monoisotopic (exact) mass is 286 g/mol. The number of rotatable bonds is 3. The summed E-state index contributed by atoms with van der Waals surface area (Å²) in [5.74, 6) is -0.423. The average molecular weight is 286 g/mol. The van der Waals surface area contributed by atoms with Gasteiger partial charge in [-0.25, -0.2) is 4.79 Å². The highest BCUT2D eigenvalue weighted by atomic mass is 16.6. The number of alkyl carbamates (subject to hydrolysis) is 1. The molecule has 1 rings (SSSR count). The lowest BCUT2D eigenvalue weighted by Crippen LogP contribution is -2.53. The zero-order valence-corrected chi connectivity index (χ0v) is 13.1. The molecular formula is C14H26N2O4. The molecule has 1 amide bonds. The third-order valence-electron chi connectivity index (χ3n) is 3.23. The number of methoxy groups -OCH3 is 1. The Balaban J connectivity index is 2.59. The summed E-state index contributed by atoms with van der Waals surface area (Å²) < 4.78 is 10.1. The second-order valence-electron chi connectivity index (χ2n) is 6.15. The molecule has 1 aliphatic rings. The summed E-state index contributed by atoms with van der Waals surface area (Å²) in [6.07, 6.45) is 0.145. The number of piperidine rings is 1. The van der Waals surface area contributed by atoms with E-state index in [1.807, 2.05) is 27.7 Å². The Kier molecular flexibility index (Phi) is 5.80. The van der Waals surface area contributed by atoms with Gasteiger partial charge in [-0.15, -0.1) is 0 Å². The Labute approximate surface area is 120 Å². The molecule has 0 aromatic heterocycles. The van der Waals surface area contributed by atoms with Crippen LogP contribution < -0.4 is 5.32 Å². The second kappa shape index (κ2) is 6.92. The van der Waals surface area contributed by atoms with Crippen LogP contribution in [0.1, 0.15) is 34.1 Å². The van der Waals surface area contributed by atoms with E-state index in [0.29, 0.717) is 13.0 Å². The highest BCUT2D eigenvalue weighted by Gasteiger charge is 2.33. The van der Waals surface area contributed by atoms with Gasteiger partial charge in [-0.1, -0.05) is 6.92 Å². The molecule has 20 heavy (non-hydrogen) atoms. The fraction of sp³-hybridized carbons (Fsp3) is 0.857. The number of carbonyl (C=O) groups is 2. The minimum absolute atomic E-state index is 0.0948. The molecule has 6 nitrogen and oxygen atoms in total. The summed E-state index contributed by atoms with van der Waals surface area (Å²) in [5.41, 5.74) is -0.523. The molecule has 0 aromatic rings. The van der Waals surface area contributed by atoms with Crippen molar-refractivity contribution in [1.82, 2.24) is 10.2 Å². The number of likely N-dealkylation sites (tertiary alicyclic amines) is 1. The van der Waals surface area contributed by atoms with E-state index in [1.165, 1.54) is 7.11 Å². The quantitative estimate of drug-likeness (QED) is 0.794. The minimum Gasteiger partial charge on any atom is -0.469 e. The van der Waals surface area contributed by atoms with Gasteiger partial charge in [0.2, 0.25) is 0 Å². The number of amides is 1. The van der Waals surface area contributed by atoms with Crippen molar-refractivity contribution in [3.8, 4) is 0 Å². The maximum atomic E-state index is 11.8. The fourth-order valence-electron chi connectivity index (χ4n) is 2.36. The standard InChI is InChI=1S/C14H26N2O4/c1-6-16-8-10(12(17)19-5)7-11(9-16)15-13(18)20-14(2,3)4/h10-11H,6-9H2,1-5H3,(H,15,18). The Morgan fingerprint density at radius 2 is 1.95 bits per heavy atom. The van der Waals surface area contributed by atoms with Gasteiger partial charge in [-0.2, -0.15) is 0 Å². The predicted octanol–water partition coefficient (Wildman–Crippen LogP) is 1.39. The van der Waals surface area contributed by atoms with Crippen molar-refractivity contribution >= 4 is 12.1 Å². The number of likely N-dealkylation sites (N-methyl/N-ethyl adjacent to an activating group) is 1. The first-order chi connectivity index (χ1) is 9.25. The minimum atomic E-state index is -0.523. The molecule has 1 fully saturated rings. The van der Waals surface area contributed by atoms with E-state index < -0.39 is 11.7 Å². The maximum Gasteiger partial charge on any atom is 0.407 e. The van der Waals surface area contributed by atoms with Crippen LogP contribution in [-0.2, 0) is 14.3 Å². The predicted molar refractivity (Wildman–Crippen MR) is 75.4 cm³/mol. The molecule has 1 aliphatic heterocycles. The van der Waals surface area contributed by atoms with Crippen LogP contribution in [0.5, 0.6) is 0 Å². The second-order valence-corrected chi connectivity index (χ2v) is 6.15. The van der Waals surface area contributed by atoms with E-state index >= 15 is 0 Å². The molecule has 2 atom stereocenters. The molecule has 1 heterocycles. The van der Waals surface area contributed by atoms with Gasteiger partial charge in [0, 0.05) is 19.1 Å². The largest absolute Gasteiger partial charge is 0.469 e. The number of ether oxygens (including phenoxy) is 2. The number of hydrogen-bond acceptors (Lipinski definition) is 5. The van der Waals surface area contributed by atoms with E-state index in [2.05, 4.69) is 10.2 Å². The molecule has 0 aliphatic carbocycles. The van der Waals surface area contributed by atoms with Crippen LogP contribution in [0.15, 0.2) is 0 Å². The molecule has 0 aromatic carbocycles. The van der Waals surface area contributed by atoms with Crippen LogP contribution in [0.2, 0.25) is 0 Å². The SMILES string of the molecule is CCN1CC(NC(=O)OC(C)(C)C)CC(C(=O)OC)C1. The molecule has 116 valence electrons. The van der Waals surface area contributed by atoms with Crippen LogP contribution in [0, 0.1) is 5.92 Å². The molecular weight excluding hydrogens is 260 g/mol. The van der Waals surface area contributed by atoms with E-state index in [-0.39, 0.29) is 17.9 Å². The smallest absolute Gasteiger partial charge is 0.407 e. The van der Waals surface area contributed by atoms with Crippen molar-refractivity contribution in [3.63, 3.8) is 0 Å². The molecule has 0 radical (unpaired) electrons. The first kappa shape index (κ1) is 16.8. The van der Waals surface area contributed by atoms with Gasteiger partial charge in [0.05, 0.1) is 13.0 Å². The topological polar surface area (TPSA) is 67.9 Å². The van der Waals surface area contributed by atoms with E-state index in [1.54, 1.807) is 0 Å². The van der Waals surface area contributed by atoms with E-state index in [0.717, 1.165) is 13.1 Å². The van der Waals surface area contributed by atoms with E-state index in [4.69, 9.17) is 9.47 Å². The molecule has 0 saturated carbocycles. The molecule has 0 bridgehead atoms. The average Bonchev–Trinajstić information content (AvgIpc) is 2.34. The summed E-state index contributed by atoms with van der Waals surface area (Å²) in [4.78, 5) is 25.6. The highest BCUT2D eigenvalue weighted by molar-refractivity contribution is 5.73. The zero-order valence-electron chi connectivity index (χ0n) is 13.1. The van der Waals surface area contributed by atoms with Gasteiger partial charge < -0.3 is 19.7 Å². The number of nitrogens with zero attached hydrogens (tertiary/aromatic N) is 1. The van der Waals surface area contributed by atoms with Gasteiger partial charge in [0.1, 0.15) is 5.60 Å². The van der Waals surface area contributed by atoms with Crippen LogP contribution in [-0.4, -0.2) is 55.3 Å². The molecule has 2 unspecified atom stereocenters. The zero-order chi connectivity index (χ0) is 15.3. The summed E-state index contributed by atoms with van der Waals surface area (Å²) in [6, 6.07) is -0.0948. The summed E-state index contributed by atoms with van der Waals surface area (Å²) >= 11 is 0. The first-order valence-corrected chi connectivity index (χ1v) is 7.05. The van der Waals surface area contributed by atoms with Gasteiger partial charge in [0.25, 0.3) is 0 Å². The Bertz CT molecular complexity index is 352. The summed E-state index contributed by atoms with van der Waals surface area (Å²) in [6.45, 7) is 9.73. The fourth-order valence-corrected chi connectivity index (χ4v) is 2.36. The van der Waals surface area contributed by atoms with Crippen molar-refractivity contribution in [2.45, 2.75) is 45.8 Å². The third kappa shape index (κ3) is 5.36. The highest BCUT2D eigenvalue weighted by Crippen LogP contribution is 2.18. The number of nitrogens with one attached hydrogen (secondary N) is 1. The van der Waals surface area contributed by atoms with Crippen molar-refractivity contribution in [3.05, 3.63) is 0 Å². The number of hydrogen-bond donors (Lipinski definition) is 1. The van der Waals surface area contributed by atoms with Crippen molar-refractivity contribution in [1.29, 1.82) is 0 Å². The lowest BCUT2D eigenvalue weighted by atomic mass is 9.94. The number of esters is 1. The van der Waals surface area contributed by atoms with Crippen LogP contribution >= 0.6 is 0 Å². The molecule has 0 spiro atoms.